The third-order valence-corrected chi connectivity index (χ3v) is 5.71. The van der Waals surface area contributed by atoms with Gasteiger partial charge in [-0.3, -0.25) is 9.69 Å². The Morgan fingerprint density at radius 1 is 1.00 bits per heavy atom. The van der Waals surface area contributed by atoms with Gasteiger partial charge >= 0.3 is 0 Å². The number of anilines is 1. The molecule has 0 aliphatic carbocycles. The van der Waals surface area contributed by atoms with E-state index < -0.39 is 0 Å². The molecule has 1 aliphatic heterocycles. The predicted molar refractivity (Wildman–Crippen MR) is 121 cm³/mol. The standard InChI is InChI=1S/C24H34N4O/c1-18-14-19(2)16-21(15-18)24(29)25-17-23(28-12-10-27(5)11-13-28)20-6-8-22(9-7-20)26(3)4/h6-9,14-16,23H,10-13,17H2,1-5H3,(H,25,29)/t23-/m0/s1. The number of benzene rings is 2. The average Bonchev–Trinajstić information content (AvgIpc) is 2.69. The molecule has 1 saturated heterocycles. The molecule has 1 fully saturated rings. The fraction of sp³-hybridized carbons (Fsp3) is 0.458. The number of piperazine rings is 1. The normalized spacial score (nSPS) is 16.4. The Balaban J connectivity index is 1.76. The zero-order valence-corrected chi connectivity index (χ0v) is 18.4. The zero-order chi connectivity index (χ0) is 21.0. The Hall–Kier alpha value is -2.37. The van der Waals surface area contributed by atoms with Crippen molar-refractivity contribution in [3.63, 3.8) is 0 Å². The van der Waals surface area contributed by atoms with Crippen LogP contribution in [0, 0.1) is 13.8 Å². The van der Waals surface area contributed by atoms with Crippen molar-refractivity contribution in [2.45, 2.75) is 19.9 Å². The summed E-state index contributed by atoms with van der Waals surface area (Å²) in [6.07, 6.45) is 0. The van der Waals surface area contributed by atoms with Gasteiger partial charge in [0, 0.05) is 58.1 Å². The van der Waals surface area contributed by atoms with Gasteiger partial charge in [-0.25, -0.2) is 0 Å². The summed E-state index contributed by atoms with van der Waals surface area (Å²) in [5.74, 6) is 0.000777. The lowest BCUT2D eigenvalue weighted by Crippen LogP contribution is -2.48. The second-order valence-corrected chi connectivity index (χ2v) is 8.43. The van der Waals surface area contributed by atoms with Crippen molar-refractivity contribution >= 4 is 11.6 Å². The van der Waals surface area contributed by atoms with E-state index in [-0.39, 0.29) is 11.9 Å². The summed E-state index contributed by atoms with van der Waals surface area (Å²) in [6, 6.07) is 14.9. The van der Waals surface area contributed by atoms with Gasteiger partial charge < -0.3 is 15.1 Å². The molecule has 2 aromatic carbocycles. The van der Waals surface area contributed by atoms with Gasteiger partial charge in [-0.2, -0.15) is 0 Å². The van der Waals surface area contributed by atoms with Gasteiger partial charge in [-0.1, -0.05) is 29.3 Å². The molecule has 5 heteroatoms. The van der Waals surface area contributed by atoms with Gasteiger partial charge in [-0.05, 0) is 50.7 Å². The maximum atomic E-state index is 12.8. The molecule has 0 radical (unpaired) electrons. The first-order valence-electron chi connectivity index (χ1n) is 10.4. The molecule has 1 N–H and O–H groups in total. The SMILES string of the molecule is Cc1cc(C)cc(C(=O)NC[C@@H](c2ccc(N(C)C)cc2)N2CCN(C)CC2)c1. The van der Waals surface area contributed by atoms with E-state index in [4.69, 9.17) is 0 Å². The first kappa shape index (κ1) is 21.3. The highest BCUT2D eigenvalue weighted by Gasteiger charge is 2.24. The van der Waals surface area contributed by atoms with Crippen LogP contribution in [0.3, 0.4) is 0 Å². The van der Waals surface area contributed by atoms with Crippen LogP contribution in [0.2, 0.25) is 0 Å². The van der Waals surface area contributed by atoms with Crippen molar-refractivity contribution < 1.29 is 4.79 Å². The lowest BCUT2D eigenvalue weighted by atomic mass is 10.0. The zero-order valence-electron chi connectivity index (χ0n) is 18.4. The van der Waals surface area contributed by atoms with E-state index >= 15 is 0 Å². The summed E-state index contributed by atoms with van der Waals surface area (Å²) in [5, 5.41) is 3.19. The Morgan fingerprint density at radius 2 is 1.59 bits per heavy atom. The fourth-order valence-corrected chi connectivity index (χ4v) is 3.98. The predicted octanol–water partition coefficient (Wildman–Crippen LogP) is 3.09. The summed E-state index contributed by atoms with van der Waals surface area (Å²) in [6.45, 7) is 8.80. The third-order valence-electron chi connectivity index (χ3n) is 5.71. The number of aryl methyl sites for hydroxylation is 2. The van der Waals surface area contributed by atoms with E-state index in [0.29, 0.717) is 6.54 Å². The van der Waals surface area contributed by atoms with Crippen molar-refractivity contribution in [3.8, 4) is 0 Å². The molecule has 0 spiro atoms. The van der Waals surface area contributed by atoms with Gasteiger partial charge in [0.25, 0.3) is 5.91 Å². The smallest absolute Gasteiger partial charge is 0.251 e. The highest BCUT2D eigenvalue weighted by atomic mass is 16.1. The van der Waals surface area contributed by atoms with Gasteiger partial charge in [0.2, 0.25) is 0 Å². The van der Waals surface area contributed by atoms with Crippen LogP contribution in [0.5, 0.6) is 0 Å². The largest absolute Gasteiger partial charge is 0.378 e. The van der Waals surface area contributed by atoms with Crippen LogP contribution in [0.25, 0.3) is 0 Å². The highest BCUT2D eigenvalue weighted by molar-refractivity contribution is 5.94. The molecule has 29 heavy (non-hydrogen) atoms. The fourth-order valence-electron chi connectivity index (χ4n) is 3.98. The maximum Gasteiger partial charge on any atom is 0.251 e. The quantitative estimate of drug-likeness (QED) is 0.817. The van der Waals surface area contributed by atoms with Crippen molar-refractivity contribution in [1.82, 2.24) is 15.1 Å². The summed E-state index contributed by atoms with van der Waals surface area (Å²) < 4.78 is 0. The molecule has 1 atom stereocenters. The van der Waals surface area contributed by atoms with Crippen LogP contribution in [0.4, 0.5) is 5.69 Å². The van der Waals surface area contributed by atoms with Crippen LogP contribution in [0.15, 0.2) is 42.5 Å². The van der Waals surface area contributed by atoms with Gasteiger partial charge in [0.05, 0.1) is 6.04 Å². The molecule has 156 valence electrons. The molecule has 0 unspecified atom stereocenters. The Morgan fingerprint density at radius 3 is 2.14 bits per heavy atom. The molecule has 0 aromatic heterocycles. The van der Waals surface area contributed by atoms with Gasteiger partial charge in [0.15, 0.2) is 0 Å². The molecule has 1 heterocycles. The molecule has 1 aliphatic rings. The molecular weight excluding hydrogens is 360 g/mol. The van der Waals surface area contributed by atoms with E-state index in [1.165, 1.54) is 11.3 Å². The van der Waals surface area contributed by atoms with E-state index in [1.54, 1.807) is 0 Å². The van der Waals surface area contributed by atoms with Crippen molar-refractivity contribution in [1.29, 1.82) is 0 Å². The Labute approximate surface area is 175 Å². The molecule has 3 rings (SSSR count). The molecule has 5 nitrogen and oxygen atoms in total. The molecule has 2 aromatic rings. The number of carbonyl (C=O) groups is 1. The monoisotopic (exact) mass is 394 g/mol. The van der Waals surface area contributed by atoms with Crippen LogP contribution in [-0.4, -0.2) is 69.6 Å². The minimum absolute atomic E-state index is 0.000777. The first-order valence-corrected chi connectivity index (χ1v) is 10.4. The minimum Gasteiger partial charge on any atom is -0.378 e. The molecule has 1 amide bonds. The number of hydrogen-bond donors (Lipinski definition) is 1. The van der Waals surface area contributed by atoms with Gasteiger partial charge in [0.1, 0.15) is 0 Å². The molecule has 0 saturated carbocycles. The van der Waals surface area contributed by atoms with E-state index in [1.807, 2.05) is 26.0 Å². The van der Waals surface area contributed by atoms with Crippen LogP contribution >= 0.6 is 0 Å². The summed E-state index contributed by atoms with van der Waals surface area (Å²) in [7, 11) is 6.27. The number of hydrogen-bond acceptors (Lipinski definition) is 4. The summed E-state index contributed by atoms with van der Waals surface area (Å²) >= 11 is 0. The third kappa shape index (κ3) is 5.58. The Kier molecular flexibility index (Phi) is 6.93. The maximum absolute atomic E-state index is 12.8. The van der Waals surface area contributed by atoms with Crippen molar-refractivity contribution in [2.24, 2.45) is 0 Å². The number of nitrogens with zero attached hydrogens (tertiary/aromatic N) is 3. The number of amides is 1. The van der Waals surface area contributed by atoms with Crippen LogP contribution in [0.1, 0.15) is 33.1 Å². The number of rotatable bonds is 6. The Bertz CT molecular complexity index is 803. The second kappa shape index (κ2) is 9.42. The van der Waals surface area contributed by atoms with Crippen LogP contribution < -0.4 is 10.2 Å². The average molecular weight is 395 g/mol. The second-order valence-electron chi connectivity index (χ2n) is 8.43. The number of carbonyl (C=O) groups excluding carboxylic acids is 1. The van der Waals surface area contributed by atoms with E-state index in [9.17, 15) is 4.79 Å². The van der Waals surface area contributed by atoms with Crippen molar-refractivity contribution in [3.05, 3.63) is 64.7 Å². The first-order chi connectivity index (χ1) is 13.8. The summed E-state index contributed by atoms with van der Waals surface area (Å²) in [4.78, 5) is 19.8. The number of likely N-dealkylation sites (N-methyl/N-ethyl adjacent to an activating group) is 1. The lowest BCUT2D eigenvalue weighted by Gasteiger charge is -2.38. The lowest BCUT2D eigenvalue weighted by molar-refractivity contribution is 0.0886. The molecular formula is C24H34N4O. The van der Waals surface area contributed by atoms with E-state index in [0.717, 1.165) is 42.9 Å². The topological polar surface area (TPSA) is 38.8 Å². The summed E-state index contributed by atoms with van der Waals surface area (Å²) in [5.41, 5.74) is 5.41. The number of nitrogens with one attached hydrogen (secondary N) is 1. The minimum atomic E-state index is 0.000777. The van der Waals surface area contributed by atoms with Crippen LogP contribution in [-0.2, 0) is 0 Å². The highest BCUT2D eigenvalue weighted by Crippen LogP contribution is 2.24. The van der Waals surface area contributed by atoms with E-state index in [2.05, 4.69) is 71.5 Å². The van der Waals surface area contributed by atoms with Crippen molar-refractivity contribution in [2.75, 3.05) is 58.8 Å². The van der Waals surface area contributed by atoms with Gasteiger partial charge in [-0.15, -0.1) is 0 Å². The molecule has 0 bridgehead atoms.